The van der Waals surface area contributed by atoms with Gasteiger partial charge in [-0.05, 0) is 66.5 Å². The maximum Gasteiger partial charge on any atom is 0.306 e. The second kappa shape index (κ2) is 9.13. The van der Waals surface area contributed by atoms with Crippen LogP contribution in [0, 0.1) is 5.92 Å². The zero-order valence-corrected chi connectivity index (χ0v) is 21.7. The molecule has 6 nitrogen and oxygen atoms in total. The molecule has 7 heteroatoms. The van der Waals surface area contributed by atoms with Crippen molar-refractivity contribution in [1.82, 2.24) is 0 Å². The first-order valence-corrected chi connectivity index (χ1v) is 14.0. The lowest BCUT2D eigenvalue weighted by molar-refractivity contribution is -0.141. The average molecular weight is 471 g/mol. The Labute approximate surface area is 196 Å². The summed E-state index contributed by atoms with van der Waals surface area (Å²) >= 11 is 0. The summed E-state index contributed by atoms with van der Waals surface area (Å²) in [6.07, 6.45) is 0.412. The Hall–Kier alpha value is -2.93. The van der Waals surface area contributed by atoms with E-state index in [9.17, 15) is 9.90 Å². The molecule has 1 aromatic heterocycles. The summed E-state index contributed by atoms with van der Waals surface area (Å²) in [6, 6.07) is 11.5. The van der Waals surface area contributed by atoms with Crippen LogP contribution in [0.15, 0.2) is 40.8 Å². The number of methoxy groups -OCH3 is 2. The molecule has 1 atom stereocenters. The first kappa shape index (κ1) is 24.7. The van der Waals surface area contributed by atoms with Crippen molar-refractivity contribution >= 4 is 25.3 Å². The van der Waals surface area contributed by atoms with Crippen LogP contribution >= 0.6 is 0 Å². The Morgan fingerprint density at radius 2 is 1.70 bits per heavy atom. The monoisotopic (exact) mass is 470 g/mol. The number of furan rings is 1. The molecular weight excluding hydrogens is 436 g/mol. The van der Waals surface area contributed by atoms with Gasteiger partial charge in [0.25, 0.3) is 8.32 Å². The topological polar surface area (TPSA) is 78.1 Å². The minimum absolute atomic E-state index is 0.0712. The van der Waals surface area contributed by atoms with Gasteiger partial charge in [0.05, 0.1) is 20.1 Å². The van der Waals surface area contributed by atoms with Crippen LogP contribution in [0.5, 0.6) is 17.2 Å². The van der Waals surface area contributed by atoms with Gasteiger partial charge in [0, 0.05) is 10.9 Å². The zero-order chi connectivity index (χ0) is 24.6. The van der Waals surface area contributed by atoms with Crippen LogP contribution in [0.2, 0.25) is 18.1 Å². The molecule has 0 aliphatic carbocycles. The minimum Gasteiger partial charge on any atom is -0.541 e. The van der Waals surface area contributed by atoms with E-state index >= 15 is 0 Å². The summed E-state index contributed by atoms with van der Waals surface area (Å²) in [4.78, 5) is 11.3. The van der Waals surface area contributed by atoms with Crippen LogP contribution in [0.3, 0.4) is 0 Å². The largest absolute Gasteiger partial charge is 0.541 e. The maximum absolute atomic E-state index is 11.3. The number of carboxylic acid groups (broad SMARTS) is 1. The quantitative estimate of drug-likeness (QED) is 0.366. The molecular formula is C26H34O6Si. The van der Waals surface area contributed by atoms with E-state index in [0.29, 0.717) is 29.3 Å². The summed E-state index contributed by atoms with van der Waals surface area (Å²) in [5.74, 6) is 1.32. The summed E-state index contributed by atoms with van der Waals surface area (Å²) in [6.45, 7) is 12.7. The summed E-state index contributed by atoms with van der Waals surface area (Å²) in [5, 5.41) is 10.2. The molecule has 0 saturated heterocycles. The van der Waals surface area contributed by atoms with Crippen LogP contribution in [-0.4, -0.2) is 33.6 Å². The molecule has 1 N–H and O–H groups in total. The normalized spacial score (nSPS) is 13.1. The van der Waals surface area contributed by atoms with Gasteiger partial charge in [-0.1, -0.05) is 27.7 Å². The molecule has 1 unspecified atom stereocenters. The molecule has 0 saturated carbocycles. The highest BCUT2D eigenvalue weighted by atomic mass is 28.4. The molecule has 1 heterocycles. The first-order chi connectivity index (χ1) is 15.4. The van der Waals surface area contributed by atoms with Gasteiger partial charge >= 0.3 is 5.97 Å². The molecule has 0 spiro atoms. The van der Waals surface area contributed by atoms with Gasteiger partial charge in [0.2, 0.25) is 0 Å². The van der Waals surface area contributed by atoms with E-state index in [-0.39, 0.29) is 5.04 Å². The highest BCUT2D eigenvalue weighted by Gasteiger charge is 2.39. The maximum atomic E-state index is 11.3. The van der Waals surface area contributed by atoms with E-state index in [0.717, 1.165) is 22.3 Å². The van der Waals surface area contributed by atoms with Gasteiger partial charge in [0.1, 0.15) is 11.5 Å². The molecule has 3 rings (SSSR count). The van der Waals surface area contributed by atoms with E-state index in [1.54, 1.807) is 21.1 Å². The van der Waals surface area contributed by atoms with Gasteiger partial charge in [-0.2, -0.15) is 0 Å². The fraction of sp³-hybridized carbons (Fsp3) is 0.423. The molecule has 2 aromatic carbocycles. The highest BCUT2D eigenvalue weighted by molar-refractivity contribution is 6.74. The number of rotatable bonds is 8. The zero-order valence-electron chi connectivity index (χ0n) is 20.7. The van der Waals surface area contributed by atoms with E-state index in [1.165, 1.54) is 0 Å². The smallest absolute Gasteiger partial charge is 0.306 e. The molecule has 33 heavy (non-hydrogen) atoms. The molecule has 0 radical (unpaired) electrons. The minimum atomic E-state index is -2.02. The van der Waals surface area contributed by atoms with Gasteiger partial charge in [-0.3, -0.25) is 4.79 Å². The number of benzene rings is 2. The van der Waals surface area contributed by atoms with Gasteiger partial charge in [-0.15, -0.1) is 0 Å². The first-order valence-electron chi connectivity index (χ1n) is 11.1. The second-order valence-corrected chi connectivity index (χ2v) is 14.7. The van der Waals surface area contributed by atoms with Crippen molar-refractivity contribution in [3.8, 4) is 28.6 Å². The van der Waals surface area contributed by atoms with E-state index < -0.39 is 20.2 Å². The third kappa shape index (κ3) is 5.19. The molecule has 3 aromatic rings. The molecule has 0 aliphatic rings. The fourth-order valence-electron chi connectivity index (χ4n) is 3.37. The van der Waals surface area contributed by atoms with Crippen molar-refractivity contribution in [3.63, 3.8) is 0 Å². The lowest BCUT2D eigenvalue weighted by Crippen LogP contribution is -2.43. The third-order valence-corrected chi connectivity index (χ3v) is 10.8. The molecule has 0 fully saturated rings. The van der Waals surface area contributed by atoms with Crippen molar-refractivity contribution in [2.24, 2.45) is 5.92 Å². The van der Waals surface area contributed by atoms with Gasteiger partial charge in [-0.25, -0.2) is 0 Å². The van der Waals surface area contributed by atoms with Crippen molar-refractivity contribution < 1.29 is 28.2 Å². The Morgan fingerprint density at radius 1 is 1.03 bits per heavy atom. The predicted octanol–water partition coefficient (Wildman–Crippen LogP) is 6.76. The second-order valence-electron chi connectivity index (χ2n) is 10.00. The predicted molar refractivity (Wildman–Crippen MR) is 133 cm³/mol. The van der Waals surface area contributed by atoms with E-state index in [1.807, 2.05) is 36.4 Å². The number of carbonyl (C=O) groups is 1. The van der Waals surface area contributed by atoms with E-state index in [4.69, 9.17) is 18.3 Å². The third-order valence-electron chi connectivity index (χ3n) is 6.44. The molecule has 0 amide bonds. The Bertz CT molecular complexity index is 1160. The number of carboxylic acids is 1. The van der Waals surface area contributed by atoms with Crippen molar-refractivity contribution in [2.45, 2.75) is 52.2 Å². The number of aliphatic carboxylic acids is 1. The Morgan fingerprint density at radius 3 is 2.27 bits per heavy atom. The standard InChI is InChI=1S/C26H34O6Si/c1-16(25(27)28)11-17-12-19-15-21(31-24(19)23(13-17)30-6)18-9-10-20(22(14-18)29-5)32-33(7,8)26(2,3)4/h9-10,12-16H,11H2,1-8H3,(H,27,28). The lowest BCUT2D eigenvalue weighted by Gasteiger charge is -2.36. The number of hydrogen-bond donors (Lipinski definition) is 1. The summed E-state index contributed by atoms with van der Waals surface area (Å²) in [7, 11) is 1.20. The SMILES string of the molecule is COc1cc(-c2cc3cc(CC(C)C(=O)O)cc(OC)c3o2)ccc1O[Si](C)(C)C(C)(C)C. The van der Waals surface area contributed by atoms with Crippen molar-refractivity contribution in [1.29, 1.82) is 0 Å². The number of ether oxygens (including phenoxy) is 2. The van der Waals surface area contributed by atoms with Crippen molar-refractivity contribution in [2.75, 3.05) is 14.2 Å². The van der Waals surface area contributed by atoms with Crippen LogP contribution in [-0.2, 0) is 11.2 Å². The highest BCUT2D eigenvalue weighted by Crippen LogP contribution is 2.42. The Balaban J connectivity index is 1.99. The summed E-state index contributed by atoms with van der Waals surface area (Å²) in [5.41, 5.74) is 2.37. The summed E-state index contributed by atoms with van der Waals surface area (Å²) < 4.78 is 23.8. The average Bonchev–Trinajstić information content (AvgIpc) is 3.16. The van der Waals surface area contributed by atoms with Crippen LogP contribution < -0.4 is 13.9 Å². The molecule has 178 valence electrons. The van der Waals surface area contributed by atoms with E-state index in [2.05, 4.69) is 33.9 Å². The molecule has 0 bridgehead atoms. The van der Waals surface area contributed by atoms with Crippen LogP contribution in [0.1, 0.15) is 33.3 Å². The van der Waals surface area contributed by atoms with Gasteiger partial charge in [0.15, 0.2) is 17.1 Å². The number of hydrogen-bond acceptors (Lipinski definition) is 5. The van der Waals surface area contributed by atoms with Crippen LogP contribution in [0.4, 0.5) is 0 Å². The lowest BCUT2D eigenvalue weighted by atomic mass is 10.00. The molecule has 0 aliphatic heterocycles. The van der Waals surface area contributed by atoms with Crippen molar-refractivity contribution in [3.05, 3.63) is 42.0 Å². The fourth-order valence-corrected chi connectivity index (χ4v) is 4.39. The van der Waals surface area contributed by atoms with Crippen LogP contribution in [0.25, 0.3) is 22.3 Å². The van der Waals surface area contributed by atoms with Gasteiger partial charge < -0.3 is 23.4 Å². The Kier molecular flexibility index (Phi) is 6.84. The number of fused-ring (bicyclic) bond motifs is 1.